The van der Waals surface area contributed by atoms with Crippen molar-refractivity contribution in [3.8, 4) is 11.4 Å². The average molecular weight is 512 g/mol. The summed E-state index contributed by atoms with van der Waals surface area (Å²) in [6.07, 6.45) is 5.17. The Morgan fingerprint density at radius 3 is 2.56 bits per heavy atom. The van der Waals surface area contributed by atoms with Crippen LogP contribution in [0.15, 0.2) is 69.0 Å². The Morgan fingerprint density at radius 2 is 1.86 bits per heavy atom. The highest BCUT2D eigenvalue weighted by molar-refractivity contribution is 7.92. The maximum absolute atomic E-state index is 15.4. The van der Waals surface area contributed by atoms with Gasteiger partial charge in [-0.3, -0.25) is 14.1 Å². The molecule has 1 N–H and O–H groups in total. The van der Waals surface area contributed by atoms with Crippen molar-refractivity contribution in [2.45, 2.75) is 43.4 Å². The third-order valence-electron chi connectivity index (χ3n) is 6.85. The molecule has 2 aromatic carbocycles. The fourth-order valence-corrected chi connectivity index (χ4v) is 5.91. The van der Waals surface area contributed by atoms with Crippen molar-refractivity contribution in [1.82, 2.24) is 9.72 Å². The Morgan fingerprint density at radius 1 is 1.08 bits per heavy atom. The zero-order valence-corrected chi connectivity index (χ0v) is 20.7. The highest BCUT2D eigenvalue weighted by Gasteiger charge is 2.25. The fourth-order valence-electron chi connectivity index (χ4n) is 4.88. The van der Waals surface area contributed by atoms with E-state index in [0.29, 0.717) is 28.1 Å². The molecule has 1 fully saturated rings. The summed E-state index contributed by atoms with van der Waals surface area (Å²) in [4.78, 5) is 12.9. The molecular formula is C26H26FN3O5S. The second-order valence-corrected chi connectivity index (χ2v) is 10.9. The number of fused-ring (bicyclic) bond motifs is 1. The van der Waals surface area contributed by atoms with Crippen molar-refractivity contribution in [2.75, 3.05) is 11.8 Å². The van der Waals surface area contributed by atoms with Crippen molar-refractivity contribution in [3.05, 3.63) is 76.5 Å². The Bertz CT molecular complexity index is 1570. The van der Waals surface area contributed by atoms with Crippen molar-refractivity contribution in [3.63, 3.8) is 0 Å². The molecule has 1 saturated carbocycles. The second kappa shape index (κ2) is 9.42. The van der Waals surface area contributed by atoms with Gasteiger partial charge in [0.15, 0.2) is 5.82 Å². The Labute approximate surface area is 207 Å². The van der Waals surface area contributed by atoms with Crippen molar-refractivity contribution >= 4 is 26.7 Å². The number of ether oxygens (including phenoxy) is 1. The largest absolute Gasteiger partial charge is 0.495 e. The van der Waals surface area contributed by atoms with Crippen LogP contribution in [0, 0.1) is 11.7 Å². The van der Waals surface area contributed by atoms with Crippen LogP contribution in [-0.2, 0) is 10.0 Å². The number of pyridine rings is 1. The number of halogens is 1. The van der Waals surface area contributed by atoms with Gasteiger partial charge in [-0.15, -0.1) is 0 Å². The lowest BCUT2D eigenvalue weighted by atomic mass is 9.79. The summed E-state index contributed by atoms with van der Waals surface area (Å²) in [5, 5.41) is 4.04. The summed E-state index contributed by atoms with van der Waals surface area (Å²) in [7, 11) is -2.46. The predicted octanol–water partition coefficient (Wildman–Crippen LogP) is 5.22. The first kappa shape index (κ1) is 24.1. The van der Waals surface area contributed by atoms with E-state index in [1.54, 1.807) is 6.07 Å². The smallest absolute Gasteiger partial charge is 0.263 e. The molecule has 0 saturated heterocycles. The number of methoxy groups -OCH3 is 1. The second-order valence-electron chi connectivity index (χ2n) is 9.22. The Hall–Kier alpha value is -3.66. The monoisotopic (exact) mass is 511 g/mol. The quantitative estimate of drug-likeness (QED) is 0.381. The van der Waals surface area contributed by atoms with E-state index in [4.69, 9.17) is 4.74 Å². The lowest BCUT2D eigenvalue weighted by molar-refractivity contribution is 0.340. The lowest BCUT2D eigenvalue weighted by Crippen LogP contribution is -2.20. The third-order valence-corrected chi connectivity index (χ3v) is 8.20. The van der Waals surface area contributed by atoms with Crippen LogP contribution in [0.1, 0.15) is 44.1 Å². The van der Waals surface area contributed by atoms with E-state index in [0.717, 1.165) is 25.7 Å². The van der Waals surface area contributed by atoms with E-state index >= 15 is 4.39 Å². The predicted molar refractivity (Wildman–Crippen MR) is 134 cm³/mol. The van der Waals surface area contributed by atoms with Crippen LogP contribution < -0.4 is 15.0 Å². The minimum atomic E-state index is -3.95. The zero-order chi connectivity index (χ0) is 25.4. The van der Waals surface area contributed by atoms with Gasteiger partial charge in [-0.1, -0.05) is 24.9 Å². The van der Waals surface area contributed by atoms with Gasteiger partial charge < -0.3 is 9.26 Å². The van der Waals surface area contributed by atoms with Crippen LogP contribution in [0.5, 0.6) is 5.75 Å². The van der Waals surface area contributed by atoms with Gasteiger partial charge in [0.2, 0.25) is 0 Å². The summed E-state index contributed by atoms with van der Waals surface area (Å²) in [5.41, 5.74) is 0.883. The SMILES string of the molecule is COc1cc(C2CCC(C)CC2)c(F)cc1-n1c(=O)ccc2cc(S(=O)(=O)Nc3ccon3)ccc21. The van der Waals surface area contributed by atoms with Gasteiger partial charge in [-0.05, 0) is 60.6 Å². The van der Waals surface area contributed by atoms with E-state index in [1.165, 1.54) is 60.4 Å². The molecule has 10 heteroatoms. The molecule has 2 heterocycles. The molecule has 0 atom stereocenters. The summed E-state index contributed by atoms with van der Waals surface area (Å²) >= 11 is 0. The van der Waals surface area contributed by atoms with Gasteiger partial charge in [0.25, 0.3) is 15.6 Å². The summed E-state index contributed by atoms with van der Waals surface area (Å²) in [6, 6.07) is 11.6. The minimum absolute atomic E-state index is 0.0248. The molecule has 1 aliphatic rings. The van der Waals surface area contributed by atoms with Crippen LogP contribution in [0.2, 0.25) is 0 Å². The molecule has 188 valence electrons. The van der Waals surface area contributed by atoms with Gasteiger partial charge in [-0.25, -0.2) is 12.8 Å². The molecule has 2 aromatic heterocycles. The first-order valence-electron chi connectivity index (χ1n) is 11.7. The zero-order valence-electron chi connectivity index (χ0n) is 19.9. The maximum atomic E-state index is 15.4. The van der Waals surface area contributed by atoms with Crippen molar-refractivity contribution in [1.29, 1.82) is 0 Å². The molecule has 0 aliphatic heterocycles. The summed E-state index contributed by atoms with van der Waals surface area (Å²) in [5.74, 6) is 0.792. The highest BCUT2D eigenvalue weighted by atomic mass is 32.2. The molecule has 1 aliphatic carbocycles. The number of benzene rings is 2. The van der Waals surface area contributed by atoms with Crippen LogP contribution in [-0.4, -0.2) is 25.3 Å². The first-order chi connectivity index (χ1) is 17.3. The number of hydrogen-bond acceptors (Lipinski definition) is 6. The number of nitrogens with one attached hydrogen (secondary N) is 1. The molecule has 0 spiro atoms. The summed E-state index contributed by atoms with van der Waals surface area (Å²) < 4.78 is 54.9. The molecule has 5 rings (SSSR count). The molecule has 4 aromatic rings. The van der Waals surface area contributed by atoms with E-state index < -0.39 is 15.6 Å². The number of anilines is 1. The lowest BCUT2D eigenvalue weighted by Gasteiger charge is -2.27. The van der Waals surface area contributed by atoms with E-state index in [9.17, 15) is 13.2 Å². The number of sulfonamides is 1. The molecule has 0 amide bonds. The average Bonchev–Trinajstić information content (AvgIpc) is 3.36. The third kappa shape index (κ3) is 4.48. The standard InChI is InChI=1S/C26H26FN3O5S/c1-16-3-5-17(6-4-16)20-14-24(34-2)23(15-21(20)27)30-22-9-8-19(13-18(22)7-10-26(30)31)36(32,33)29-25-11-12-35-28-25/h7-17H,3-6H2,1-2H3,(H,28,29). The number of nitrogens with zero attached hydrogens (tertiary/aromatic N) is 2. The maximum Gasteiger partial charge on any atom is 0.263 e. The van der Waals surface area contributed by atoms with Gasteiger partial charge in [-0.2, -0.15) is 0 Å². The van der Waals surface area contributed by atoms with Crippen molar-refractivity contribution in [2.24, 2.45) is 5.92 Å². The number of aromatic nitrogens is 2. The Kier molecular flexibility index (Phi) is 6.29. The van der Waals surface area contributed by atoms with E-state index in [1.807, 2.05) is 0 Å². The van der Waals surface area contributed by atoms with Gasteiger partial charge in [0.05, 0.1) is 23.2 Å². The van der Waals surface area contributed by atoms with Gasteiger partial charge >= 0.3 is 0 Å². The minimum Gasteiger partial charge on any atom is -0.495 e. The van der Waals surface area contributed by atoms with Crippen LogP contribution in [0.25, 0.3) is 16.6 Å². The van der Waals surface area contributed by atoms with Crippen molar-refractivity contribution < 1.29 is 22.1 Å². The number of rotatable bonds is 6. The van der Waals surface area contributed by atoms with E-state index in [-0.39, 0.29) is 28.1 Å². The van der Waals surface area contributed by atoms with Crippen LogP contribution in [0.3, 0.4) is 0 Å². The Balaban J connectivity index is 1.58. The number of hydrogen-bond donors (Lipinski definition) is 1. The van der Waals surface area contributed by atoms with Gasteiger partial charge in [0.1, 0.15) is 17.8 Å². The van der Waals surface area contributed by atoms with E-state index in [2.05, 4.69) is 21.3 Å². The first-order valence-corrected chi connectivity index (χ1v) is 13.2. The molecule has 36 heavy (non-hydrogen) atoms. The van der Waals surface area contributed by atoms with Crippen LogP contribution >= 0.6 is 0 Å². The molecular weight excluding hydrogens is 485 g/mol. The fraction of sp³-hybridized carbons (Fsp3) is 0.308. The topological polar surface area (TPSA) is 103 Å². The highest BCUT2D eigenvalue weighted by Crippen LogP contribution is 2.39. The molecule has 0 unspecified atom stereocenters. The molecule has 0 bridgehead atoms. The normalized spacial score (nSPS) is 18.3. The van der Waals surface area contributed by atoms with Crippen LogP contribution in [0.4, 0.5) is 10.2 Å². The summed E-state index contributed by atoms with van der Waals surface area (Å²) in [6.45, 7) is 2.21. The van der Waals surface area contributed by atoms with Gasteiger partial charge in [0, 0.05) is 23.6 Å². The molecule has 0 radical (unpaired) electrons. The molecule has 8 nitrogen and oxygen atoms in total.